The number of hydrogen-bond acceptors (Lipinski definition) is 5. The monoisotopic (exact) mass is 371 g/mol. The Bertz CT molecular complexity index is 824. The van der Waals surface area contributed by atoms with Crippen LogP contribution in [-0.2, 0) is 10.2 Å². The first-order valence-corrected chi connectivity index (χ1v) is 8.24. The molecule has 2 amide bonds. The summed E-state index contributed by atoms with van der Waals surface area (Å²) >= 11 is 0. The minimum atomic E-state index is -0.562. The smallest absolute Gasteiger partial charge is 0.276 e. The van der Waals surface area contributed by atoms with Crippen molar-refractivity contribution in [1.82, 2.24) is 10.9 Å². The molecule has 0 aromatic heterocycles. The van der Waals surface area contributed by atoms with Crippen molar-refractivity contribution in [2.24, 2.45) is 0 Å². The second-order valence-electron chi connectivity index (χ2n) is 6.87. The van der Waals surface area contributed by atoms with Crippen LogP contribution < -0.4 is 15.6 Å². The summed E-state index contributed by atoms with van der Waals surface area (Å²) in [4.78, 5) is 33.9. The van der Waals surface area contributed by atoms with E-state index in [9.17, 15) is 19.7 Å². The number of amides is 2. The highest BCUT2D eigenvalue weighted by Gasteiger charge is 2.14. The molecule has 0 aliphatic heterocycles. The molecule has 0 radical (unpaired) electrons. The van der Waals surface area contributed by atoms with Crippen molar-refractivity contribution in [2.75, 3.05) is 6.61 Å². The van der Waals surface area contributed by atoms with E-state index in [4.69, 9.17) is 4.74 Å². The zero-order valence-corrected chi connectivity index (χ0v) is 15.3. The lowest BCUT2D eigenvalue weighted by Crippen LogP contribution is -2.43. The van der Waals surface area contributed by atoms with Gasteiger partial charge in [0, 0.05) is 17.7 Å². The van der Waals surface area contributed by atoms with E-state index in [0.717, 1.165) is 5.56 Å². The Morgan fingerprint density at radius 1 is 1.00 bits per heavy atom. The lowest BCUT2D eigenvalue weighted by Gasteiger charge is -2.19. The number of benzene rings is 2. The normalized spacial score (nSPS) is 10.8. The Labute approximate surface area is 156 Å². The maximum Gasteiger partial charge on any atom is 0.276 e. The summed E-state index contributed by atoms with van der Waals surface area (Å²) in [6, 6.07) is 12.4. The van der Waals surface area contributed by atoms with Gasteiger partial charge in [-0.25, -0.2) is 0 Å². The Morgan fingerprint density at radius 2 is 1.59 bits per heavy atom. The Hall–Kier alpha value is -3.42. The minimum Gasteiger partial charge on any atom is -0.484 e. The van der Waals surface area contributed by atoms with Crippen LogP contribution in [0.5, 0.6) is 5.75 Å². The molecule has 0 aliphatic rings. The second-order valence-corrected chi connectivity index (χ2v) is 6.87. The van der Waals surface area contributed by atoms with Crippen molar-refractivity contribution >= 4 is 17.5 Å². The molecule has 0 unspecified atom stereocenters. The van der Waals surface area contributed by atoms with Crippen molar-refractivity contribution in [3.63, 3.8) is 0 Å². The largest absolute Gasteiger partial charge is 0.484 e. The van der Waals surface area contributed by atoms with Gasteiger partial charge < -0.3 is 4.74 Å². The number of nitrogens with zero attached hydrogens (tertiary/aromatic N) is 1. The Kier molecular flexibility index (Phi) is 6.12. The van der Waals surface area contributed by atoms with E-state index in [0.29, 0.717) is 11.3 Å². The number of rotatable bonds is 5. The van der Waals surface area contributed by atoms with Crippen LogP contribution in [0.1, 0.15) is 36.7 Å². The van der Waals surface area contributed by atoms with Crippen molar-refractivity contribution in [3.8, 4) is 5.75 Å². The molecule has 2 aromatic rings. The Morgan fingerprint density at radius 3 is 2.11 bits per heavy atom. The van der Waals surface area contributed by atoms with E-state index >= 15 is 0 Å². The highest BCUT2D eigenvalue weighted by atomic mass is 16.6. The molecule has 8 heteroatoms. The molecule has 0 saturated carbocycles. The molecule has 0 spiro atoms. The van der Waals surface area contributed by atoms with Crippen molar-refractivity contribution in [1.29, 1.82) is 0 Å². The van der Waals surface area contributed by atoms with Gasteiger partial charge in [0.15, 0.2) is 6.61 Å². The first kappa shape index (κ1) is 19.9. The van der Waals surface area contributed by atoms with Gasteiger partial charge in [0.1, 0.15) is 5.75 Å². The second kappa shape index (κ2) is 8.31. The highest BCUT2D eigenvalue weighted by Crippen LogP contribution is 2.22. The minimum absolute atomic E-state index is 0.0154. The van der Waals surface area contributed by atoms with E-state index in [-0.39, 0.29) is 17.7 Å². The van der Waals surface area contributed by atoms with Crippen LogP contribution in [0.15, 0.2) is 48.5 Å². The van der Waals surface area contributed by atoms with Crippen LogP contribution in [0, 0.1) is 10.1 Å². The molecule has 0 aliphatic carbocycles. The fourth-order valence-corrected chi connectivity index (χ4v) is 2.17. The average molecular weight is 371 g/mol. The van der Waals surface area contributed by atoms with Crippen LogP contribution in [0.3, 0.4) is 0 Å². The lowest BCUT2D eigenvalue weighted by molar-refractivity contribution is -0.384. The summed E-state index contributed by atoms with van der Waals surface area (Å²) in [5.41, 5.74) is 5.99. The third-order valence-corrected chi connectivity index (χ3v) is 3.75. The molecule has 2 N–H and O–H groups in total. The predicted molar refractivity (Wildman–Crippen MR) is 99.3 cm³/mol. The first-order valence-electron chi connectivity index (χ1n) is 8.24. The molecule has 142 valence electrons. The molecule has 2 rings (SSSR count). The summed E-state index contributed by atoms with van der Waals surface area (Å²) in [5, 5.41) is 10.6. The predicted octanol–water partition coefficient (Wildman–Crippen LogP) is 2.73. The number of carbonyl (C=O) groups excluding carboxylic acids is 2. The number of nitrogens with one attached hydrogen (secondary N) is 2. The van der Waals surface area contributed by atoms with Gasteiger partial charge in [-0.15, -0.1) is 0 Å². The van der Waals surface area contributed by atoms with Gasteiger partial charge in [-0.3, -0.25) is 30.6 Å². The standard InChI is InChI=1S/C19H21N3O5/c1-19(2,3)14-6-4-13(5-7-14)18(24)21-20-17(23)12-27-16-10-8-15(9-11-16)22(25)26/h4-11H,12H2,1-3H3,(H,20,23)(H,21,24). The third-order valence-electron chi connectivity index (χ3n) is 3.75. The number of nitro benzene ring substituents is 1. The van der Waals surface area contributed by atoms with Gasteiger partial charge in [-0.1, -0.05) is 32.9 Å². The molecule has 27 heavy (non-hydrogen) atoms. The van der Waals surface area contributed by atoms with Crippen LogP contribution in [0.4, 0.5) is 5.69 Å². The summed E-state index contributed by atoms with van der Waals surface area (Å²) in [6.45, 7) is 5.88. The maximum atomic E-state index is 12.1. The van der Waals surface area contributed by atoms with Crippen LogP contribution in [-0.4, -0.2) is 23.3 Å². The van der Waals surface area contributed by atoms with Gasteiger partial charge >= 0.3 is 0 Å². The van der Waals surface area contributed by atoms with Gasteiger partial charge in [-0.2, -0.15) is 0 Å². The summed E-state index contributed by atoms with van der Waals surface area (Å²) < 4.78 is 5.21. The number of non-ortho nitro benzene ring substituents is 1. The number of hydrazine groups is 1. The zero-order valence-electron chi connectivity index (χ0n) is 15.3. The van der Waals surface area contributed by atoms with Crippen LogP contribution in [0.2, 0.25) is 0 Å². The van der Waals surface area contributed by atoms with Gasteiger partial charge in [0.05, 0.1) is 4.92 Å². The first-order chi connectivity index (χ1) is 12.7. The summed E-state index contributed by atoms with van der Waals surface area (Å²) in [6.07, 6.45) is 0. The average Bonchev–Trinajstić information content (AvgIpc) is 2.64. The third kappa shape index (κ3) is 5.81. The van der Waals surface area contributed by atoms with Crippen LogP contribution >= 0.6 is 0 Å². The molecule has 0 fully saturated rings. The fraction of sp³-hybridized carbons (Fsp3) is 0.263. The number of hydrogen-bond donors (Lipinski definition) is 2. The fourth-order valence-electron chi connectivity index (χ4n) is 2.17. The molecule has 0 heterocycles. The summed E-state index contributed by atoms with van der Waals surface area (Å²) in [5.74, 6) is -0.702. The highest BCUT2D eigenvalue weighted by molar-refractivity contribution is 5.95. The van der Waals surface area contributed by atoms with Gasteiger partial charge in [0.25, 0.3) is 17.5 Å². The van der Waals surface area contributed by atoms with E-state index in [1.165, 1.54) is 24.3 Å². The van der Waals surface area contributed by atoms with Gasteiger partial charge in [-0.05, 0) is 35.2 Å². The van der Waals surface area contributed by atoms with Gasteiger partial charge in [0.2, 0.25) is 0 Å². The molecule has 0 saturated heterocycles. The quantitative estimate of drug-likeness (QED) is 0.620. The van der Waals surface area contributed by atoms with E-state index in [2.05, 4.69) is 31.6 Å². The van der Waals surface area contributed by atoms with E-state index in [1.54, 1.807) is 12.1 Å². The van der Waals surface area contributed by atoms with Crippen molar-refractivity contribution in [3.05, 3.63) is 69.8 Å². The number of ether oxygens (including phenoxy) is 1. The van der Waals surface area contributed by atoms with Crippen LogP contribution in [0.25, 0.3) is 0 Å². The lowest BCUT2D eigenvalue weighted by atomic mass is 9.87. The molecule has 2 aromatic carbocycles. The molecule has 8 nitrogen and oxygen atoms in total. The van der Waals surface area contributed by atoms with E-state index < -0.39 is 16.7 Å². The maximum absolute atomic E-state index is 12.1. The number of carbonyl (C=O) groups is 2. The Balaban J connectivity index is 1.81. The van der Waals surface area contributed by atoms with Crippen molar-refractivity contribution in [2.45, 2.75) is 26.2 Å². The molecule has 0 bridgehead atoms. The number of nitro groups is 1. The molecular weight excluding hydrogens is 350 g/mol. The molecular formula is C19H21N3O5. The SMILES string of the molecule is CC(C)(C)c1ccc(C(=O)NNC(=O)COc2ccc([N+](=O)[O-])cc2)cc1. The van der Waals surface area contributed by atoms with E-state index in [1.807, 2.05) is 12.1 Å². The molecule has 0 atom stereocenters. The topological polar surface area (TPSA) is 111 Å². The zero-order chi connectivity index (χ0) is 20.0. The summed E-state index contributed by atoms with van der Waals surface area (Å²) in [7, 11) is 0. The van der Waals surface area contributed by atoms with Crippen molar-refractivity contribution < 1.29 is 19.2 Å².